The molecule has 30 heavy (non-hydrogen) atoms. The number of hydrogen-bond donors (Lipinski definition) is 1. The third-order valence-electron chi connectivity index (χ3n) is 5.18. The van der Waals surface area contributed by atoms with Crippen LogP contribution in [0.25, 0.3) is 0 Å². The minimum Gasteiger partial charge on any atom is -0.334 e. The molecule has 2 aromatic carbocycles. The number of amides is 2. The van der Waals surface area contributed by atoms with E-state index >= 15 is 0 Å². The molecule has 0 atom stereocenters. The number of fused-ring (bicyclic) bond motifs is 1. The third-order valence-corrected chi connectivity index (χ3v) is 5.18. The van der Waals surface area contributed by atoms with Crippen LogP contribution in [0.2, 0.25) is 0 Å². The second kappa shape index (κ2) is 8.29. The first-order valence-corrected chi connectivity index (χ1v) is 9.76. The molecule has 150 valence electrons. The molecule has 1 N–H and O–H groups in total. The monoisotopic (exact) mass is 399 g/mol. The maximum Gasteiger partial charge on any atom is 0.274 e. The number of rotatable bonds is 4. The smallest absolute Gasteiger partial charge is 0.274 e. The highest BCUT2D eigenvalue weighted by molar-refractivity contribution is 6.05. The van der Waals surface area contributed by atoms with Crippen LogP contribution < -0.4 is 5.32 Å². The molecular weight excluding hydrogens is 378 g/mol. The zero-order chi connectivity index (χ0) is 21.1. The van der Waals surface area contributed by atoms with E-state index in [2.05, 4.69) is 16.4 Å². The molecule has 0 saturated heterocycles. The number of ketones is 1. The van der Waals surface area contributed by atoms with Crippen molar-refractivity contribution in [2.75, 3.05) is 11.9 Å². The lowest BCUT2D eigenvalue weighted by molar-refractivity contribution is 0.0734. The molecular formula is C24H21N3O3. The van der Waals surface area contributed by atoms with Crippen LogP contribution in [0.4, 0.5) is 5.69 Å². The van der Waals surface area contributed by atoms with E-state index in [-0.39, 0.29) is 17.4 Å². The van der Waals surface area contributed by atoms with E-state index in [1.54, 1.807) is 35.2 Å². The van der Waals surface area contributed by atoms with E-state index in [9.17, 15) is 14.4 Å². The molecule has 4 rings (SSSR count). The summed E-state index contributed by atoms with van der Waals surface area (Å²) in [6, 6.07) is 17.9. The largest absolute Gasteiger partial charge is 0.334 e. The van der Waals surface area contributed by atoms with Gasteiger partial charge < -0.3 is 10.2 Å². The summed E-state index contributed by atoms with van der Waals surface area (Å²) >= 11 is 0. The normalized spacial score (nSPS) is 12.8. The Morgan fingerprint density at radius 1 is 0.933 bits per heavy atom. The van der Waals surface area contributed by atoms with Gasteiger partial charge in [0.2, 0.25) is 0 Å². The highest BCUT2D eigenvalue weighted by Gasteiger charge is 2.22. The van der Waals surface area contributed by atoms with Crippen LogP contribution >= 0.6 is 0 Å². The highest BCUT2D eigenvalue weighted by atomic mass is 16.2. The van der Waals surface area contributed by atoms with Gasteiger partial charge in [-0.3, -0.25) is 19.4 Å². The van der Waals surface area contributed by atoms with Crippen molar-refractivity contribution in [3.8, 4) is 0 Å². The SMILES string of the molecule is CC(=O)c1cccc(NC(=O)c2cc(C(=O)N3CCc4ccccc4C3)ccn2)c1. The number of anilines is 1. The van der Waals surface area contributed by atoms with Gasteiger partial charge in [0.1, 0.15) is 5.69 Å². The summed E-state index contributed by atoms with van der Waals surface area (Å²) in [5.74, 6) is -0.645. The molecule has 6 heteroatoms. The van der Waals surface area contributed by atoms with Gasteiger partial charge in [0.05, 0.1) is 0 Å². The fraction of sp³-hybridized carbons (Fsp3) is 0.167. The summed E-state index contributed by atoms with van der Waals surface area (Å²) in [5, 5.41) is 2.73. The number of Topliss-reactive ketones (excluding diaryl/α,β-unsaturated/α-hetero) is 1. The van der Waals surface area contributed by atoms with Crippen molar-refractivity contribution < 1.29 is 14.4 Å². The van der Waals surface area contributed by atoms with E-state index in [0.29, 0.717) is 29.9 Å². The molecule has 0 saturated carbocycles. The van der Waals surface area contributed by atoms with Crippen molar-refractivity contribution in [2.24, 2.45) is 0 Å². The average molecular weight is 399 g/mol. The second-order valence-corrected chi connectivity index (χ2v) is 7.27. The van der Waals surface area contributed by atoms with Crippen molar-refractivity contribution in [3.05, 3.63) is 94.8 Å². The van der Waals surface area contributed by atoms with Crippen LogP contribution in [-0.2, 0) is 13.0 Å². The molecule has 3 aromatic rings. The number of pyridine rings is 1. The number of carbonyl (C=O) groups is 3. The van der Waals surface area contributed by atoms with E-state index in [1.807, 2.05) is 18.2 Å². The third kappa shape index (κ3) is 4.12. The molecule has 0 fully saturated rings. The van der Waals surface area contributed by atoms with Crippen molar-refractivity contribution in [1.82, 2.24) is 9.88 Å². The summed E-state index contributed by atoms with van der Waals surface area (Å²) in [6.45, 7) is 2.66. The summed E-state index contributed by atoms with van der Waals surface area (Å²) in [4.78, 5) is 43.0. The highest BCUT2D eigenvalue weighted by Crippen LogP contribution is 2.20. The maximum atomic E-state index is 13.0. The molecule has 1 aliphatic rings. The fourth-order valence-electron chi connectivity index (χ4n) is 3.55. The predicted octanol–water partition coefficient (Wildman–Crippen LogP) is 3.74. The lowest BCUT2D eigenvalue weighted by atomic mass is 9.99. The number of nitrogens with one attached hydrogen (secondary N) is 1. The van der Waals surface area contributed by atoms with Crippen molar-refractivity contribution in [1.29, 1.82) is 0 Å². The molecule has 0 aliphatic carbocycles. The molecule has 2 amide bonds. The second-order valence-electron chi connectivity index (χ2n) is 7.27. The lowest BCUT2D eigenvalue weighted by Crippen LogP contribution is -2.36. The van der Waals surface area contributed by atoms with Crippen molar-refractivity contribution in [2.45, 2.75) is 19.9 Å². The topological polar surface area (TPSA) is 79.4 Å². The summed E-state index contributed by atoms with van der Waals surface area (Å²) in [7, 11) is 0. The van der Waals surface area contributed by atoms with Gasteiger partial charge in [0.25, 0.3) is 11.8 Å². The Morgan fingerprint density at radius 2 is 1.73 bits per heavy atom. The molecule has 6 nitrogen and oxygen atoms in total. The predicted molar refractivity (Wildman–Crippen MR) is 114 cm³/mol. The van der Waals surface area contributed by atoms with Gasteiger partial charge in [0, 0.05) is 36.1 Å². The number of hydrogen-bond acceptors (Lipinski definition) is 4. The maximum absolute atomic E-state index is 13.0. The molecule has 0 bridgehead atoms. The Hall–Kier alpha value is -3.80. The molecule has 0 unspecified atom stereocenters. The Morgan fingerprint density at radius 3 is 2.53 bits per heavy atom. The van der Waals surface area contributed by atoms with Crippen LogP contribution in [0.1, 0.15) is 49.3 Å². The van der Waals surface area contributed by atoms with Gasteiger partial charge in [-0.25, -0.2) is 0 Å². The van der Waals surface area contributed by atoms with Crippen LogP contribution in [0.3, 0.4) is 0 Å². The summed E-state index contributed by atoms with van der Waals surface area (Å²) in [6.07, 6.45) is 2.28. The molecule has 0 spiro atoms. The minimum atomic E-state index is -0.436. The van der Waals surface area contributed by atoms with Crippen molar-refractivity contribution in [3.63, 3.8) is 0 Å². The first kappa shape index (κ1) is 19.5. The quantitative estimate of drug-likeness (QED) is 0.678. The molecule has 2 heterocycles. The number of aromatic nitrogens is 1. The van der Waals surface area contributed by atoms with Gasteiger partial charge in [0.15, 0.2) is 5.78 Å². The number of benzene rings is 2. The van der Waals surface area contributed by atoms with E-state index in [1.165, 1.54) is 24.8 Å². The Balaban J connectivity index is 1.50. The first-order valence-electron chi connectivity index (χ1n) is 9.76. The van der Waals surface area contributed by atoms with Crippen LogP contribution in [0, 0.1) is 0 Å². The van der Waals surface area contributed by atoms with Gasteiger partial charge in [-0.2, -0.15) is 0 Å². The molecule has 1 aromatic heterocycles. The Bertz CT molecular complexity index is 1140. The zero-order valence-electron chi connectivity index (χ0n) is 16.6. The molecule has 0 radical (unpaired) electrons. The standard InChI is InChI=1S/C24H21N3O3/c1-16(28)18-7-4-8-21(13-18)26-23(29)22-14-19(9-11-25-22)24(30)27-12-10-17-5-2-3-6-20(17)15-27/h2-9,11,13-14H,10,12,15H2,1H3,(H,26,29). The number of carbonyl (C=O) groups excluding carboxylic acids is 3. The summed E-state index contributed by atoms with van der Waals surface area (Å²) in [5.41, 5.74) is 3.99. The van der Waals surface area contributed by atoms with Crippen molar-refractivity contribution >= 4 is 23.3 Å². The van der Waals surface area contributed by atoms with E-state index in [0.717, 1.165) is 12.0 Å². The van der Waals surface area contributed by atoms with Gasteiger partial charge in [-0.05, 0) is 48.7 Å². The van der Waals surface area contributed by atoms with Crippen LogP contribution in [-0.4, -0.2) is 34.0 Å². The fourth-order valence-corrected chi connectivity index (χ4v) is 3.55. The number of nitrogens with zero attached hydrogens (tertiary/aromatic N) is 2. The lowest BCUT2D eigenvalue weighted by Gasteiger charge is -2.29. The van der Waals surface area contributed by atoms with E-state index < -0.39 is 5.91 Å². The minimum absolute atomic E-state index is 0.0834. The Kier molecular flexibility index (Phi) is 5.39. The average Bonchev–Trinajstić information content (AvgIpc) is 2.78. The van der Waals surface area contributed by atoms with E-state index in [4.69, 9.17) is 0 Å². The zero-order valence-corrected chi connectivity index (χ0v) is 16.6. The molecule has 1 aliphatic heterocycles. The van der Waals surface area contributed by atoms with Gasteiger partial charge >= 0.3 is 0 Å². The van der Waals surface area contributed by atoms with Crippen LogP contribution in [0.5, 0.6) is 0 Å². The van der Waals surface area contributed by atoms with Gasteiger partial charge in [-0.15, -0.1) is 0 Å². The summed E-state index contributed by atoms with van der Waals surface area (Å²) < 4.78 is 0. The van der Waals surface area contributed by atoms with Crippen LogP contribution in [0.15, 0.2) is 66.9 Å². The van der Waals surface area contributed by atoms with Gasteiger partial charge in [-0.1, -0.05) is 36.4 Å². The Labute approximate surface area is 174 Å². The first-order chi connectivity index (χ1) is 14.5.